The van der Waals surface area contributed by atoms with Gasteiger partial charge in [-0.2, -0.15) is 0 Å². The van der Waals surface area contributed by atoms with E-state index >= 15 is 0 Å². The van der Waals surface area contributed by atoms with Crippen LogP contribution in [-0.2, 0) is 0 Å². The van der Waals surface area contributed by atoms with Crippen LogP contribution in [0.3, 0.4) is 0 Å². The van der Waals surface area contributed by atoms with Crippen molar-refractivity contribution in [1.29, 1.82) is 0 Å². The Bertz CT molecular complexity index is 884. The number of aliphatic hydroxyl groups is 1. The van der Waals surface area contributed by atoms with Crippen LogP contribution < -0.4 is 0 Å². The molecule has 146 valence electrons. The van der Waals surface area contributed by atoms with Crippen LogP contribution in [0.1, 0.15) is 48.9 Å². The fraction of sp³-hybridized carbons (Fsp3) is 0.391. The maximum absolute atomic E-state index is 10.7. The fourth-order valence-corrected chi connectivity index (χ4v) is 3.92. The van der Waals surface area contributed by atoms with Crippen molar-refractivity contribution in [3.8, 4) is 11.5 Å². The number of aromatic nitrogens is 2. The van der Waals surface area contributed by atoms with Crippen LogP contribution in [0, 0.1) is 12.8 Å². The lowest BCUT2D eigenvalue weighted by Gasteiger charge is -2.36. The molecule has 28 heavy (non-hydrogen) atoms. The zero-order valence-corrected chi connectivity index (χ0v) is 16.5. The van der Waals surface area contributed by atoms with Gasteiger partial charge in [-0.15, -0.1) is 10.2 Å². The van der Waals surface area contributed by atoms with Crippen LogP contribution in [-0.4, -0.2) is 33.3 Å². The Morgan fingerprint density at radius 2 is 1.68 bits per heavy atom. The van der Waals surface area contributed by atoms with Gasteiger partial charge >= 0.3 is 0 Å². The van der Waals surface area contributed by atoms with Crippen LogP contribution in [0.4, 0.5) is 0 Å². The molecule has 4 rings (SSSR count). The molecule has 5 nitrogen and oxygen atoms in total. The van der Waals surface area contributed by atoms with Gasteiger partial charge < -0.3 is 9.52 Å². The largest absolute Gasteiger partial charge is 0.419 e. The Labute approximate surface area is 166 Å². The molecule has 1 saturated heterocycles. The van der Waals surface area contributed by atoms with Crippen molar-refractivity contribution in [3.63, 3.8) is 0 Å². The quantitative estimate of drug-likeness (QED) is 0.707. The zero-order valence-electron chi connectivity index (χ0n) is 16.5. The molecule has 5 heteroatoms. The molecule has 0 saturated carbocycles. The highest BCUT2D eigenvalue weighted by Crippen LogP contribution is 2.33. The predicted molar refractivity (Wildman–Crippen MR) is 109 cm³/mol. The number of likely N-dealkylation sites (tertiary alicyclic amines) is 1. The molecule has 0 radical (unpaired) electrons. The SMILES string of the molecule is Cc1ccc(-c2nnc(C(C)N3CCC(C(O)c4ccccc4)CC3)o2)cc1. The maximum Gasteiger partial charge on any atom is 0.247 e. The first-order valence-corrected chi connectivity index (χ1v) is 9.99. The van der Waals surface area contributed by atoms with E-state index in [9.17, 15) is 5.11 Å². The van der Waals surface area contributed by atoms with Gasteiger partial charge in [0.05, 0.1) is 12.1 Å². The van der Waals surface area contributed by atoms with Gasteiger partial charge in [-0.1, -0.05) is 48.0 Å². The highest BCUT2D eigenvalue weighted by molar-refractivity contribution is 5.52. The lowest BCUT2D eigenvalue weighted by atomic mass is 9.87. The van der Waals surface area contributed by atoms with Gasteiger partial charge in [0.15, 0.2) is 0 Å². The van der Waals surface area contributed by atoms with E-state index in [0.717, 1.165) is 37.1 Å². The summed E-state index contributed by atoms with van der Waals surface area (Å²) in [5.74, 6) is 1.51. The number of rotatable bonds is 5. The topological polar surface area (TPSA) is 62.4 Å². The summed E-state index contributed by atoms with van der Waals surface area (Å²) in [6, 6.07) is 18.1. The van der Waals surface area contributed by atoms with Gasteiger partial charge in [0.1, 0.15) is 0 Å². The minimum atomic E-state index is -0.393. The van der Waals surface area contributed by atoms with Gasteiger partial charge in [-0.25, -0.2) is 0 Å². The summed E-state index contributed by atoms with van der Waals surface area (Å²) in [7, 11) is 0. The summed E-state index contributed by atoms with van der Waals surface area (Å²) in [5.41, 5.74) is 3.16. The number of benzene rings is 2. The molecule has 1 fully saturated rings. The van der Waals surface area contributed by atoms with Crippen LogP contribution >= 0.6 is 0 Å². The third kappa shape index (κ3) is 4.01. The van der Waals surface area contributed by atoms with Gasteiger partial charge in [-0.3, -0.25) is 4.90 Å². The first kappa shape index (κ1) is 18.8. The van der Waals surface area contributed by atoms with E-state index in [0.29, 0.717) is 11.8 Å². The smallest absolute Gasteiger partial charge is 0.247 e. The van der Waals surface area contributed by atoms with Gasteiger partial charge in [0.2, 0.25) is 11.8 Å². The van der Waals surface area contributed by atoms with Crippen LogP contribution in [0.2, 0.25) is 0 Å². The normalized spacial score (nSPS) is 18.1. The Morgan fingerprint density at radius 1 is 1.00 bits per heavy atom. The summed E-state index contributed by atoms with van der Waals surface area (Å²) in [6.07, 6.45) is 1.52. The number of nitrogens with zero attached hydrogens (tertiary/aromatic N) is 3. The van der Waals surface area contributed by atoms with Crippen molar-refractivity contribution in [2.45, 2.75) is 38.8 Å². The first-order valence-electron chi connectivity index (χ1n) is 9.99. The van der Waals surface area contributed by atoms with E-state index in [1.165, 1.54) is 5.56 Å². The molecular weight excluding hydrogens is 350 g/mol. The average Bonchev–Trinajstić information content (AvgIpc) is 3.24. The second kappa shape index (κ2) is 8.25. The Morgan fingerprint density at radius 3 is 2.36 bits per heavy atom. The number of hydrogen-bond donors (Lipinski definition) is 1. The fourth-order valence-electron chi connectivity index (χ4n) is 3.92. The second-order valence-corrected chi connectivity index (χ2v) is 7.72. The van der Waals surface area contributed by atoms with Crippen molar-refractivity contribution in [3.05, 3.63) is 71.6 Å². The Balaban J connectivity index is 1.38. The van der Waals surface area contributed by atoms with Crippen molar-refractivity contribution in [1.82, 2.24) is 15.1 Å². The van der Waals surface area contributed by atoms with Crippen LogP contribution in [0.15, 0.2) is 59.0 Å². The summed E-state index contributed by atoms with van der Waals surface area (Å²) in [5, 5.41) is 19.2. The predicted octanol–water partition coefficient (Wildman–Crippen LogP) is 4.55. The summed E-state index contributed by atoms with van der Waals surface area (Å²) >= 11 is 0. The molecule has 1 aliphatic rings. The molecule has 2 atom stereocenters. The summed E-state index contributed by atoms with van der Waals surface area (Å²) in [4.78, 5) is 2.36. The van der Waals surface area contributed by atoms with Crippen LogP contribution in [0.25, 0.3) is 11.5 Å². The zero-order chi connectivity index (χ0) is 19.5. The number of aliphatic hydroxyl groups excluding tert-OH is 1. The van der Waals surface area contributed by atoms with E-state index < -0.39 is 6.10 Å². The molecule has 2 aromatic carbocycles. The van der Waals surface area contributed by atoms with E-state index in [4.69, 9.17) is 4.42 Å². The number of piperidine rings is 1. The third-order valence-electron chi connectivity index (χ3n) is 5.81. The molecule has 1 aromatic heterocycles. The van der Waals surface area contributed by atoms with E-state index in [1.807, 2.05) is 54.6 Å². The van der Waals surface area contributed by atoms with Crippen molar-refractivity contribution < 1.29 is 9.52 Å². The standard InChI is InChI=1S/C23H27N3O2/c1-16-8-10-20(11-9-16)23-25-24-22(28-23)17(2)26-14-12-19(13-15-26)21(27)18-6-4-3-5-7-18/h3-11,17,19,21,27H,12-15H2,1-2H3. The molecule has 2 unspecified atom stereocenters. The van der Waals surface area contributed by atoms with Crippen LogP contribution in [0.5, 0.6) is 0 Å². The van der Waals surface area contributed by atoms with E-state index in [2.05, 4.69) is 28.9 Å². The molecule has 2 heterocycles. The van der Waals surface area contributed by atoms with Gasteiger partial charge in [0, 0.05) is 5.56 Å². The molecule has 0 spiro atoms. The number of hydrogen-bond acceptors (Lipinski definition) is 5. The lowest BCUT2D eigenvalue weighted by molar-refractivity contribution is 0.0431. The van der Waals surface area contributed by atoms with Gasteiger partial charge in [0.25, 0.3) is 0 Å². The van der Waals surface area contributed by atoms with Crippen molar-refractivity contribution in [2.75, 3.05) is 13.1 Å². The summed E-state index contributed by atoms with van der Waals surface area (Å²) in [6.45, 7) is 6.00. The Hall–Kier alpha value is -2.50. The molecule has 1 aliphatic heterocycles. The van der Waals surface area contributed by atoms with Gasteiger partial charge in [-0.05, 0) is 63.4 Å². The summed E-state index contributed by atoms with van der Waals surface area (Å²) < 4.78 is 5.95. The average molecular weight is 377 g/mol. The van der Waals surface area contributed by atoms with E-state index in [-0.39, 0.29) is 12.0 Å². The molecule has 0 amide bonds. The second-order valence-electron chi connectivity index (χ2n) is 7.72. The lowest BCUT2D eigenvalue weighted by Crippen LogP contribution is -2.37. The molecule has 0 aliphatic carbocycles. The molecular formula is C23H27N3O2. The molecule has 0 bridgehead atoms. The third-order valence-corrected chi connectivity index (χ3v) is 5.81. The van der Waals surface area contributed by atoms with Crippen molar-refractivity contribution >= 4 is 0 Å². The minimum Gasteiger partial charge on any atom is -0.419 e. The molecule has 3 aromatic rings. The maximum atomic E-state index is 10.7. The first-order chi connectivity index (χ1) is 13.6. The Kier molecular flexibility index (Phi) is 5.55. The molecule has 1 N–H and O–H groups in total. The van der Waals surface area contributed by atoms with Crippen molar-refractivity contribution in [2.24, 2.45) is 5.92 Å². The number of aryl methyl sites for hydroxylation is 1. The highest BCUT2D eigenvalue weighted by Gasteiger charge is 2.30. The monoisotopic (exact) mass is 377 g/mol. The minimum absolute atomic E-state index is 0.0708. The van der Waals surface area contributed by atoms with E-state index in [1.54, 1.807) is 0 Å². The highest BCUT2D eigenvalue weighted by atomic mass is 16.4.